The number of ether oxygens (including phenoxy) is 3. The number of guanidine groups is 1. The molecule has 128 valence electrons. The molecule has 1 atom stereocenters. The summed E-state index contributed by atoms with van der Waals surface area (Å²) >= 11 is 0. The molecule has 1 unspecified atom stereocenters. The third kappa shape index (κ3) is 6.08. The van der Waals surface area contributed by atoms with E-state index in [9.17, 15) is 0 Å². The number of hydrogen-bond acceptors (Lipinski definition) is 4. The van der Waals surface area contributed by atoms with Crippen molar-refractivity contribution in [3.05, 3.63) is 29.8 Å². The maximum atomic E-state index is 5.90. The largest absolute Gasteiger partial charge is 0.488 e. The number of methoxy groups -OCH3 is 1. The molecule has 0 aliphatic carbocycles. The molecule has 1 aromatic rings. The van der Waals surface area contributed by atoms with E-state index in [2.05, 4.69) is 21.7 Å². The normalized spacial score (nSPS) is 16.8. The minimum atomic E-state index is 0.112. The van der Waals surface area contributed by atoms with Gasteiger partial charge in [0.05, 0.1) is 26.4 Å². The Morgan fingerprint density at radius 1 is 1.26 bits per heavy atom. The molecule has 1 heterocycles. The lowest BCUT2D eigenvalue weighted by molar-refractivity contribution is 0.0733. The monoisotopic (exact) mass is 321 g/mol. The highest BCUT2D eigenvalue weighted by molar-refractivity contribution is 5.79. The molecule has 0 spiro atoms. The summed E-state index contributed by atoms with van der Waals surface area (Å²) in [5.41, 5.74) is 1.26. The standard InChI is InChI=1S/C17H27N3O3/c1-3-18-17(19-8-9-22-11-10-21-2)20-13-15-12-14-6-4-5-7-16(14)23-15/h4-7,15H,3,8-13H2,1-2H3,(H2,18,19,20). The number of para-hydroxylation sites is 1. The summed E-state index contributed by atoms with van der Waals surface area (Å²) in [6, 6.07) is 8.17. The lowest BCUT2D eigenvalue weighted by atomic mass is 10.1. The van der Waals surface area contributed by atoms with Crippen LogP contribution in [0.25, 0.3) is 0 Å². The van der Waals surface area contributed by atoms with E-state index in [0.29, 0.717) is 32.9 Å². The molecule has 0 saturated carbocycles. The van der Waals surface area contributed by atoms with E-state index < -0.39 is 0 Å². The highest BCUT2D eigenvalue weighted by Gasteiger charge is 2.21. The van der Waals surface area contributed by atoms with E-state index in [-0.39, 0.29) is 6.10 Å². The third-order valence-corrected chi connectivity index (χ3v) is 3.48. The van der Waals surface area contributed by atoms with Crippen LogP contribution in [0.4, 0.5) is 0 Å². The second-order valence-corrected chi connectivity index (χ2v) is 5.30. The van der Waals surface area contributed by atoms with Crippen molar-refractivity contribution in [2.24, 2.45) is 4.99 Å². The van der Waals surface area contributed by atoms with E-state index in [0.717, 1.165) is 24.7 Å². The van der Waals surface area contributed by atoms with Crippen LogP contribution >= 0.6 is 0 Å². The third-order valence-electron chi connectivity index (χ3n) is 3.48. The minimum absolute atomic E-state index is 0.112. The molecule has 2 rings (SSSR count). The van der Waals surface area contributed by atoms with Crippen molar-refractivity contribution >= 4 is 5.96 Å². The fourth-order valence-corrected chi connectivity index (χ4v) is 2.38. The number of nitrogens with one attached hydrogen (secondary N) is 2. The topological polar surface area (TPSA) is 64.1 Å². The van der Waals surface area contributed by atoms with Crippen molar-refractivity contribution in [3.63, 3.8) is 0 Å². The predicted octanol–water partition coefficient (Wildman–Crippen LogP) is 1.21. The van der Waals surface area contributed by atoms with Crippen LogP contribution in [0.5, 0.6) is 5.75 Å². The summed E-state index contributed by atoms with van der Waals surface area (Å²) in [5.74, 6) is 1.78. The van der Waals surface area contributed by atoms with Crippen molar-refractivity contribution in [1.82, 2.24) is 10.6 Å². The average molecular weight is 321 g/mol. The first-order valence-corrected chi connectivity index (χ1v) is 8.17. The van der Waals surface area contributed by atoms with Crippen molar-refractivity contribution in [2.75, 3.05) is 46.6 Å². The number of fused-ring (bicyclic) bond motifs is 1. The second-order valence-electron chi connectivity index (χ2n) is 5.30. The first-order valence-electron chi connectivity index (χ1n) is 8.17. The molecule has 23 heavy (non-hydrogen) atoms. The van der Waals surface area contributed by atoms with Gasteiger partial charge in [0.1, 0.15) is 11.9 Å². The highest BCUT2D eigenvalue weighted by atomic mass is 16.5. The molecule has 0 bridgehead atoms. The molecular formula is C17H27N3O3. The fourth-order valence-electron chi connectivity index (χ4n) is 2.38. The van der Waals surface area contributed by atoms with Crippen LogP contribution in [-0.4, -0.2) is 58.6 Å². The molecule has 0 fully saturated rings. The van der Waals surface area contributed by atoms with Crippen molar-refractivity contribution in [1.29, 1.82) is 0 Å². The average Bonchev–Trinajstić information content (AvgIpc) is 2.98. The molecule has 0 amide bonds. The van der Waals surface area contributed by atoms with Crippen LogP contribution in [0.1, 0.15) is 12.5 Å². The van der Waals surface area contributed by atoms with Gasteiger partial charge in [-0.1, -0.05) is 18.2 Å². The minimum Gasteiger partial charge on any atom is -0.488 e. The van der Waals surface area contributed by atoms with Crippen molar-refractivity contribution < 1.29 is 14.2 Å². The number of benzene rings is 1. The highest BCUT2D eigenvalue weighted by Crippen LogP contribution is 2.28. The van der Waals surface area contributed by atoms with Gasteiger partial charge in [-0.15, -0.1) is 0 Å². The Bertz CT molecular complexity index is 469. The Morgan fingerprint density at radius 3 is 2.91 bits per heavy atom. The van der Waals surface area contributed by atoms with Gasteiger partial charge in [0.15, 0.2) is 5.96 Å². The molecule has 0 saturated heterocycles. The zero-order chi connectivity index (χ0) is 16.3. The van der Waals surface area contributed by atoms with E-state index >= 15 is 0 Å². The predicted molar refractivity (Wildman–Crippen MR) is 91.2 cm³/mol. The van der Waals surface area contributed by atoms with Gasteiger partial charge in [-0.05, 0) is 18.6 Å². The number of hydrogen-bond donors (Lipinski definition) is 2. The first kappa shape index (κ1) is 17.6. The Kier molecular flexibility index (Phi) is 7.69. The second kappa shape index (κ2) is 10.1. The van der Waals surface area contributed by atoms with Gasteiger partial charge in [-0.25, -0.2) is 4.99 Å². The van der Waals surface area contributed by atoms with Crippen LogP contribution in [-0.2, 0) is 15.9 Å². The number of rotatable bonds is 9. The number of nitrogens with zero attached hydrogens (tertiary/aromatic N) is 1. The molecular weight excluding hydrogens is 294 g/mol. The maximum absolute atomic E-state index is 5.90. The summed E-state index contributed by atoms with van der Waals surface area (Å²) in [7, 11) is 1.67. The SMILES string of the molecule is CCNC(=NCC1Cc2ccccc2O1)NCCOCCOC. The van der Waals surface area contributed by atoms with Crippen LogP contribution < -0.4 is 15.4 Å². The lowest BCUT2D eigenvalue weighted by Gasteiger charge is -2.13. The Hall–Kier alpha value is -1.79. The fraction of sp³-hybridized carbons (Fsp3) is 0.588. The molecule has 1 aliphatic heterocycles. The van der Waals surface area contributed by atoms with E-state index in [1.807, 2.05) is 25.1 Å². The van der Waals surface area contributed by atoms with E-state index in [1.54, 1.807) is 7.11 Å². The first-order chi connectivity index (χ1) is 11.3. The van der Waals surface area contributed by atoms with Crippen LogP contribution in [0.3, 0.4) is 0 Å². The lowest BCUT2D eigenvalue weighted by Crippen LogP contribution is -2.39. The van der Waals surface area contributed by atoms with Gasteiger partial charge in [0, 0.05) is 26.6 Å². The molecule has 0 radical (unpaired) electrons. The van der Waals surface area contributed by atoms with E-state index in [4.69, 9.17) is 14.2 Å². The molecule has 1 aromatic carbocycles. The van der Waals surface area contributed by atoms with Gasteiger partial charge < -0.3 is 24.8 Å². The van der Waals surface area contributed by atoms with E-state index in [1.165, 1.54) is 5.56 Å². The maximum Gasteiger partial charge on any atom is 0.191 e. The number of aliphatic imine (C=N–C) groups is 1. The van der Waals surface area contributed by atoms with Gasteiger partial charge in [0.2, 0.25) is 0 Å². The smallest absolute Gasteiger partial charge is 0.191 e. The van der Waals surface area contributed by atoms with Crippen LogP contribution in [0.15, 0.2) is 29.3 Å². The zero-order valence-corrected chi connectivity index (χ0v) is 14.0. The summed E-state index contributed by atoms with van der Waals surface area (Å²) in [6.07, 6.45) is 1.03. The summed E-state index contributed by atoms with van der Waals surface area (Å²) in [6.45, 7) is 6.07. The molecule has 1 aliphatic rings. The van der Waals surface area contributed by atoms with Crippen molar-refractivity contribution in [3.8, 4) is 5.75 Å². The van der Waals surface area contributed by atoms with Crippen molar-refractivity contribution in [2.45, 2.75) is 19.4 Å². The summed E-state index contributed by atoms with van der Waals surface area (Å²) in [5, 5.41) is 6.49. The van der Waals surface area contributed by atoms with Gasteiger partial charge >= 0.3 is 0 Å². The van der Waals surface area contributed by atoms with Gasteiger partial charge in [0.25, 0.3) is 0 Å². The van der Waals surface area contributed by atoms with Gasteiger partial charge in [-0.3, -0.25) is 0 Å². The van der Waals surface area contributed by atoms with Crippen LogP contribution in [0.2, 0.25) is 0 Å². The van der Waals surface area contributed by atoms with Crippen LogP contribution in [0, 0.1) is 0 Å². The molecule has 0 aromatic heterocycles. The molecule has 6 heteroatoms. The molecule has 2 N–H and O–H groups in total. The quantitative estimate of drug-likeness (QED) is 0.407. The Morgan fingerprint density at radius 2 is 2.13 bits per heavy atom. The Balaban J connectivity index is 1.72. The van der Waals surface area contributed by atoms with Gasteiger partial charge in [-0.2, -0.15) is 0 Å². The summed E-state index contributed by atoms with van der Waals surface area (Å²) < 4.78 is 16.3. The molecule has 6 nitrogen and oxygen atoms in total. The Labute approximate surface area is 138 Å². The zero-order valence-electron chi connectivity index (χ0n) is 14.0. The summed E-state index contributed by atoms with van der Waals surface area (Å²) in [4.78, 5) is 4.60.